The summed E-state index contributed by atoms with van der Waals surface area (Å²) in [5, 5.41) is 2.64. The van der Waals surface area contributed by atoms with Gasteiger partial charge >= 0.3 is 6.18 Å². The molecule has 0 aromatic heterocycles. The molecule has 0 saturated carbocycles. The summed E-state index contributed by atoms with van der Waals surface area (Å²) in [5.74, 6) is -0.273. The summed E-state index contributed by atoms with van der Waals surface area (Å²) in [6, 6.07) is 7.20. The monoisotopic (exact) mass is 310 g/mol. The van der Waals surface area contributed by atoms with Gasteiger partial charge in [0.2, 0.25) is 10.0 Å². The lowest BCUT2D eigenvalue weighted by molar-refractivity contribution is -0.140. The van der Waals surface area contributed by atoms with Crippen molar-refractivity contribution in [3.63, 3.8) is 0 Å². The Hall–Kier alpha value is -1.12. The maximum Gasteiger partial charge on any atom is 0.390 e. The summed E-state index contributed by atoms with van der Waals surface area (Å²) >= 11 is 0. The fourth-order valence-electron chi connectivity index (χ4n) is 1.69. The van der Waals surface area contributed by atoms with Crippen molar-refractivity contribution in [2.24, 2.45) is 0 Å². The molecule has 0 aliphatic carbocycles. The first-order chi connectivity index (χ1) is 9.23. The molecule has 1 atom stereocenters. The van der Waals surface area contributed by atoms with E-state index in [9.17, 15) is 21.6 Å². The largest absolute Gasteiger partial charge is 0.390 e. The van der Waals surface area contributed by atoms with Crippen LogP contribution in [-0.2, 0) is 10.0 Å². The lowest BCUT2D eigenvalue weighted by atomic mass is 10.0. The van der Waals surface area contributed by atoms with Crippen LogP contribution in [0.3, 0.4) is 0 Å². The zero-order valence-electron chi connectivity index (χ0n) is 10.9. The third-order valence-corrected chi connectivity index (χ3v) is 4.07. The second kappa shape index (κ2) is 7.05. The molecule has 0 bridgehead atoms. The number of benzene rings is 1. The first-order valence-corrected chi connectivity index (χ1v) is 7.65. The zero-order valence-corrected chi connectivity index (χ0v) is 11.8. The molecule has 0 heterocycles. The number of halogens is 3. The average molecular weight is 310 g/mol. The van der Waals surface area contributed by atoms with Crippen molar-refractivity contribution in [2.45, 2.75) is 18.6 Å². The molecule has 20 heavy (non-hydrogen) atoms. The van der Waals surface area contributed by atoms with Crippen molar-refractivity contribution in [1.29, 1.82) is 0 Å². The molecule has 1 rings (SSSR count). The van der Waals surface area contributed by atoms with Crippen molar-refractivity contribution in [3.05, 3.63) is 35.9 Å². The number of hydrogen-bond donors (Lipinski definition) is 2. The Labute approximate surface area is 116 Å². The van der Waals surface area contributed by atoms with Gasteiger partial charge in [-0.05, 0) is 12.6 Å². The number of alkyl halides is 3. The van der Waals surface area contributed by atoms with Crippen LogP contribution in [0, 0.1) is 0 Å². The smallest absolute Gasteiger partial charge is 0.309 e. The topological polar surface area (TPSA) is 58.2 Å². The second-order valence-corrected chi connectivity index (χ2v) is 6.31. The quantitative estimate of drug-likeness (QED) is 0.808. The van der Waals surface area contributed by atoms with Crippen LogP contribution in [-0.4, -0.2) is 33.9 Å². The van der Waals surface area contributed by atoms with Crippen molar-refractivity contribution in [1.82, 2.24) is 10.0 Å². The van der Waals surface area contributed by atoms with Crippen LogP contribution in [0.1, 0.15) is 18.0 Å². The normalized spacial score (nSPS) is 14.2. The molecular formula is C12H17F3N2O2S. The molecule has 4 nitrogen and oxygen atoms in total. The maximum atomic E-state index is 12.5. The minimum Gasteiger partial charge on any atom is -0.309 e. The van der Waals surface area contributed by atoms with Crippen LogP contribution in [0.2, 0.25) is 0 Å². The SMILES string of the molecule is CNS(=O)(=O)CCNC(CC(F)(F)F)c1ccccc1. The van der Waals surface area contributed by atoms with E-state index in [1.54, 1.807) is 30.3 Å². The molecular weight excluding hydrogens is 293 g/mol. The van der Waals surface area contributed by atoms with Gasteiger partial charge in [-0.3, -0.25) is 0 Å². The minimum absolute atomic E-state index is 0.0567. The highest BCUT2D eigenvalue weighted by molar-refractivity contribution is 7.89. The van der Waals surface area contributed by atoms with E-state index >= 15 is 0 Å². The molecule has 0 radical (unpaired) electrons. The highest BCUT2D eigenvalue weighted by atomic mass is 32.2. The van der Waals surface area contributed by atoms with Gasteiger partial charge < -0.3 is 5.32 Å². The molecule has 0 fully saturated rings. The molecule has 114 valence electrons. The fraction of sp³-hybridized carbons (Fsp3) is 0.500. The standard InChI is InChI=1S/C12H17F3N2O2S/c1-16-20(18,19)8-7-17-11(9-12(13,14)15)10-5-3-2-4-6-10/h2-6,11,16-17H,7-9H2,1H3. The van der Waals surface area contributed by atoms with Gasteiger partial charge in [0.15, 0.2) is 0 Å². The molecule has 0 aliphatic rings. The van der Waals surface area contributed by atoms with Crippen molar-refractivity contribution >= 4 is 10.0 Å². The molecule has 8 heteroatoms. The Balaban J connectivity index is 2.70. The molecule has 1 aromatic carbocycles. The van der Waals surface area contributed by atoms with E-state index in [1.165, 1.54) is 7.05 Å². The lowest BCUT2D eigenvalue weighted by Gasteiger charge is -2.20. The Kier molecular flexibility index (Phi) is 5.97. The zero-order chi connectivity index (χ0) is 15.2. The van der Waals surface area contributed by atoms with Gasteiger partial charge in [0.1, 0.15) is 0 Å². The molecule has 0 spiro atoms. The summed E-state index contributed by atoms with van der Waals surface area (Å²) in [6.45, 7) is -0.0567. The third kappa shape index (κ3) is 6.36. The van der Waals surface area contributed by atoms with Crippen LogP contribution in [0.15, 0.2) is 30.3 Å². The number of nitrogens with one attached hydrogen (secondary N) is 2. The summed E-state index contributed by atoms with van der Waals surface area (Å²) in [6.07, 6.45) is -5.37. The highest BCUT2D eigenvalue weighted by Gasteiger charge is 2.32. The first-order valence-electron chi connectivity index (χ1n) is 6.00. The average Bonchev–Trinajstić information content (AvgIpc) is 2.37. The van der Waals surface area contributed by atoms with Crippen molar-refractivity contribution < 1.29 is 21.6 Å². The third-order valence-electron chi connectivity index (χ3n) is 2.71. The number of sulfonamides is 1. The number of rotatable bonds is 7. The van der Waals surface area contributed by atoms with Gasteiger partial charge in [0.05, 0.1) is 12.2 Å². The molecule has 0 amide bonds. The van der Waals surface area contributed by atoms with Crippen molar-refractivity contribution in [3.8, 4) is 0 Å². The van der Waals surface area contributed by atoms with E-state index in [0.29, 0.717) is 5.56 Å². The molecule has 0 aliphatic heterocycles. The second-order valence-electron chi connectivity index (χ2n) is 4.26. The van der Waals surface area contributed by atoms with E-state index in [4.69, 9.17) is 0 Å². The van der Waals surface area contributed by atoms with Crippen LogP contribution in [0.4, 0.5) is 13.2 Å². The van der Waals surface area contributed by atoms with Crippen LogP contribution in [0.25, 0.3) is 0 Å². The Morgan fingerprint density at radius 1 is 1.20 bits per heavy atom. The molecule has 1 unspecified atom stereocenters. The lowest BCUT2D eigenvalue weighted by Crippen LogP contribution is -2.33. The van der Waals surface area contributed by atoms with Gasteiger partial charge in [-0.25, -0.2) is 13.1 Å². The summed E-state index contributed by atoms with van der Waals surface area (Å²) in [5.41, 5.74) is 0.478. The van der Waals surface area contributed by atoms with Gasteiger partial charge in [-0.2, -0.15) is 13.2 Å². The molecule has 2 N–H and O–H groups in total. The van der Waals surface area contributed by atoms with E-state index in [-0.39, 0.29) is 12.3 Å². The van der Waals surface area contributed by atoms with Gasteiger partial charge in [-0.1, -0.05) is 30.3 Å². The van der Waals surface area contributed by atoms with E-state index < -0.39 is 28.7 Å². The van der Waals surface area contributed by atoms with E-state index in [2.05, 4.69) is 10.0 Å². The van der Waals surface area contributed by atoms with Gasteiger partial charge in [0.25, 0.3) is 0 Å². The van der Waals surface area contributed by atoms with Gasteiger partial charge in [-0.15, -0.1) is 0 Å². The van der Waals surface area contributed by atoms with E-state index in [0.717, 1.165) is 0 Å². The first kappa shape index (κ1) is 16.9. The Bertz CT molecular complexity index is 503. The molecule has 1 aromatic rings. The van der Waals surface area contributed by atoms with Crippen LogP contribution < -0.4 is 10.0 Å². The van der Waals surface area contributed by atoms with Crippen LogP contribution in [0.5, 0.6) is 0 Å². The van der Waals surface area contributed by atoms with Crippen molar-refractivity contribution in [2.75, 3.05) is 19.3 Å². The summed E-state index contributed by atoms with van der Waals surface area (Å²) in [4.78, 5) is 0. The molecule has 0 saturated heterocycles. The summed E-state index contributed by atoms with van der Waals surface area (Å²) < 4.78 is 62.2. The predicted octanol–water partition coefficient (Wildman–Crippen LogP) is 1.82. The summed E-state index contributed by atoms with van der Waals surface area (Å²) in [7, 11) is -2.17. The highest BCUT2D eigenvalue weighted by Crippen LogP contribution is 2.29. The maximum absolute atomic E-state index is 12.5. The number of hydrogen-bond acceptors (Lipinski definition) is 3. The Morgan fingerprint density at radius 2 is 1.80 bits per heavy atom. The van der Waals surface area contributed by atoms with E-state index in [1.807, 2.05) is 0 Å². The minimum atomic E-state index is -4.32. The van der Waals surface area contributed by atoms with Gasteiger partial charge in [0, 0.05) is 12.6 Å². The Morgan fingerprint density at radius 3 is 2.30 bits per heavy atom. The van der Waals surface area contributed by atoms with Crippen LogP contribution >= 0.6 is 0 Å². The fourth-order valence-corrected chi connectivity index (χ4v) is 2.28. The predicted molar refractivity (Wildman–Crippen MR) is 70.7 cm³/mol.